The molecule has 4 aromatic carbocycles. The van der Waals surface area contributed by atoms with Crippen LogP contribution in [0, 0.1) is 21.0 Å². The largest absolute Gasteiger partial charge is 0.491 e. The van der Waals surface area contributed by atoms with E-state index in [1.54, 1.807) is 12.1 Å². The maximum atomic E-state index is 14.7. The Bertz CT molecular complexity index is 1780. The number of urea groups is 2. The molecule has 0 fully saturated rings. The number of aryl methyl sites for hydroxylation is 2. The molecule has 0 aliphatic heterocycles. The van der Waals surface area contributed by atoms with Crippen LogP contribution in [-0.2, 0) is 6.42 Å². The summed E-state index contributed by atoms with van der Waals surface area (Å²) in [5.74, 6) is 1.20. The van der Waals surface area contributed by atoms with Crippen LogP contribution in [0.15, 0.2) is 78.9 Å². The van der Waals surface area contributed by atoms with Crippen molar-refractivity contribution >= 4 is 80.0 Å². The topological polar surface area (TPSA) is 89.6 Å². The van der Waals surface area contributed by atoms with Gasteiger partial charge in [-0.1, -0.05) is 31.2 Å². The second-order valence-corrected chi connectivity index (χ2v) is 14.6. The number of likely N-dealkylation sites (N-methyl/N-ethyl adjacent to an activating group) is 2. The maximum Gasteiger partial charge on any atom is 0.345 e. The molecule has 0 aliphatic carbocycles. The Kier molecular flexibility index (Phi) is 14.6. The smallest absolute Gasteiger partial charge is 0.345 e. The highest BCUT2D eigenvalue weighted by molar-refractivity contribution is 14.1. The predicted octanol–water partition coefficient (Wildman–Crippen LogP) is 8.65. The zero-order valence-corrected chi connectivity index (χ0v) is 34.0. The minimum atomic E-state index is -0.538. The number of hydrogen-bond acceptors (Lipinski definition) is 6. The molecular formula is C38H46I2N6O4. The Labute approximate surface area is 323 Å². The van der Waals surface area contributed by atoms with Crippen LogP contribution in [-0.4, -0.2) is 76.4 Å². The van der Waals surface area contributed by atoms with E-state index >= 15 is 0 Å². The van der Waals surface area contributed by atoms with Crippen LogP contribution >= 0.6 is 45.2 Å². The number of nitrogens with one attached hydrogen (secondary N) is 2. The lowest BCUT2D eigenvalue weighted by atomic mass is 10.1. The van der Waals surface area contributed by atoms with Gasteiger partial charge < -0.3 is 29.9 Å². The van der Waals surface area contributed by atoms with Crippen molar-refractivity contribution in [3.8, 4) is 11.5 Å². The second kappa shape index (κ2) is 18.6. The van der Waals surface area contributed by atoms with Crippen molar-refractivity contribution in [1.82, 2.24) is 9.80 Å². The summed E-state index contributed by atoms with van der Waals surface area (Å²) in [5.41, 5.74) is 5.13. The molecule has 0 saturated carbocycles. The van der Waals surface area contributed by atoms with E-state index in [-0.39, 0.29) is 0 Å². The standard InChI is InChI=1S/C38H46I2N6O4/c1-8-28-12-10-13-29(23-28)41-37(47)45(30-15-17-32(39)35(24-30)49-21-19-43(4)5)46(38(48)42-34-14-9-11-26(2)27(34)3)31-16-18-33(40)36(25-31)50-22-20-44(6)7/h9-18,23-25H,8,19-22H2,1-7H3,(H,41,47)(H,42,48). The van der Waals surface area contributed by atoms with Crippen LogP contribution in [0.5, 0.6) is 11.5 Å². The first kappa shape index (κ1) is 39.2. The number of hydrazine groups is 1. The highest BCUT2D eigenvalue weighted by atomic mass is 127. The first-order valence-electron chi connectivity index (χ1n) is 16.4. The lowest BCUT2D eigenvalue weighted by Crippen LogP contribution is -2.54. The fourth-order valence-corrected chi connectivity index (χ4v) is 5.87. The Hall–Kier alpha value is -3.60. The van der Waals surface area contributed by atoms with Crippen LogP contribution in [0.3, 0.4) is 0 Å². The molecule has 0 heterocycles. The molecule has 50 heavy (non-hydrogen) atoms. The van der Waals surface area contributed by atoms with E-state index < -0.39 is 12.1 Å². The van der Waals surface area contributed by atoms with Gasteiger partial charge in [-0.3, -0.25) is 0 Å². The fraction of sp³-hybridized carbons (Fsp3) is 0.316. The Balaban J connectivity index is 1.88. The van der Waals surface area contributed by atoms with Crippen LogP contribution in [0.25, 0.3) is 0 Å². The molecule has 4 rings (SSSR count). The fourth-order valence-electron chi connectivity index (χ4n) is 4.89. The van der Waals surface area contributed by atoms with Gasteiger partial charge in [0.15, 0.2) is 0 Å². The van der Waals surface area contributed by atoms with E-state index in [0.717, 1.165) is 30.3 Å². The molecule has 0 saturated heterocycles. The molecule has 12 heteroatoms. The van der Waals surface area contributed by atoms with Gasteiger partial charge in [0.2, 0.25) is 0 Å². The number of halogens is 2. The summed E-state index contributed by atoms with van der Waals surface area (Å²) in [6.07, 6.45) is 0.807. The monoisotopic (exact) mass is 904 g/mol. The summed E-state index contributed by atoms with van der Waals surface area (Å²) in [6.45, 7) is 8.33. The summed E-state index contributed by atoms with van der Waals surface area (Å²) in [4.78, 5) is 33.3. The molecule has 4 aromatic rings. The number of hydrogen-bond donors (Lipinski definition) is 2. The molecule has 0 aromatic heterocycles. The maximum absolute atomic E-state index is 14.7. The molecule has 4 amide bonds. The van der Waals surface area contributed by atoms with E-state index in [4.69, 9.17) is 9.47 Å². The van der Waals surface area contributed by atoms with Crippen molar-refractivity contribution in [2.75, 3.05) is 75.1 Å². The first-order valence-corrected chi connectivity index (χ1v) is 18.5. The van der Waals surface area contributed by atoms with E-state index in [1.165, 1.54) is 10.0 Å². The van der Waals surface area contributed by atoms with Crippen molar-refractivity contribution in [2.45, 2.75) is 27.2 Å². The van der Waals surface area contributed by atoms with Crippen LogP contribution in [0.2, 0.25) is 0 Å². The van der Waals surface area contributed by atoms with Crippen molar-refractivity contribution in [2.24, 2.45) is 0 Å². The first-order chi connectivity index (χ1) is 23.9. The number of rotatable bonds is 13. The number of ether oxygens (including phenoxy) is 2. The third kappa shape index (κ3) is 10.7. The van der Waals surface area contributed by atoms with Crippen LogP contribution in [0.4, 0.5) is 32.3 Å². The van der Waals surface area contributed by atoms with Crippen molar-refractivity contribution < 1.29 is 19.1 Å². The molecule has 10 nitrogen and oxygen atoms in total. The van der Waals surface area contributed by atoms with Crippen molar-refractivity contribution in [3.05, 3.63) is 103 Å². The number of anilines is 4. The number of carbonyl (C=O) groups is 2. The Morgan fingerprint density at radius 3 is 1.72 bits per heavy atom. The van der Waals surface area contributed by atoms with Crippen LogP contribution < -0.4 is 30.1 Å². The average Bonchev–Trinajstić information content (AvgIpc) is 3.07. The molecular weight excluding hydrogens is 858 g/mol. The highest BCUT2D eigenvalue weighted by Crippen LogP contribution is 2.34. The van der Waals surface area contributed by atoms with Crippen molar-refractivity contribution in [1.29, 1.82) is 0 Å². The molecule has 266 valence electrons. The third-order valence-corrected chi connectivity index (χ3v) is 9.71. The normalized spacial score (nSPS) is 11.0. The molecule has 0 aliphatic rings. The van der Waals surface area contributed by atoms with Gasteiger partial charge in [-0.25, -0.2) is 9.59 Å². The van der Waals surface area contributed by atoms with Gasteiger partial charge in [0.1, 0.15) is 24.7 Å². The average molecular weight is 905 g/mol. The molecule has 0 bridgehead atoms. The van der Waals surface area contributed by atoms with Gasteiger partial charge in [-0.05, 0) is 153 Å². The Morgan fingerprint density at radius 1 is 0.680 bits per heavy atom. The molecule has 0 atom stereocenters. The lowest BCUT2D eigenvalue weighted by Gasteiger charge is -2.35. The second-order valence-electron chi connectivity index (χ2n) is 12.3. The van der Waals surface area contributed by atoms with Crippen molar-refractivity contribution in [3.63, 3.8) is 0 Å². The number of amides is 4. The number of nitrogens with zero attached hydrogens (tertiary/aromatic N) is 4. The quantitative estimate of drug-likeness (QED) is 0.103. The van der Waals surface area contributed by atoms with Gasteiger partial charge >= 0.3 is 12.1 Å². The van der Waals surface area contributed by atoms with Gasteiger partial charge in [-0.15, -0.1) is 0 Å². The van der Waals surface area contributed by atoms with Gasteiger partial charge in [0.05, 0.1) is 18.5 Å². The zero-order chi connectivity index (χ0) is 36.4. The summed E-state index contributed by atoms with van der Waals surface area (Å²) in [6, 6.07) is 23.3. The van der Waals surface area contributed by atoms with Gasteiger partial charge in [-0.2, -0.15) is 10.0 Å². The minimum Gasteiger partial charge on any atom is -0.491 e. The minimum absolute atomic E-state index is 0.430. The Morgan fingerprint density at radius 2 is 1.20 bits per heavy atom. The summed E-state index contributed by atoms with van der Waals surface area (Å²) in [7, 11) is 7.93. The SMILES string of the molecule is CCc1cccc(NC(=O)N(c2ccc(I)c(OCCN(C)C)c2)N(C(=O)Nc2cccc(C)c2C)c2ccc(I)c(OCCN(C)C)c2)c1. The number of carbonyl (C=O) groups excluding carboxylic acids is 2. The summed E-state index contributed by atoms with van der Waals surface area (Å²) in [5, 5.41) is 8.82. The molecule has 0 spiro atoms. The van der Waals surface area contributed by atoms with E-state index in [2.05, 4.69) is 62.7 Å². The van der Waals surface area contributed by atoms with Gasteiger partial charge in [0, 0.05) is 36.6 Å². The summed E-state index contributed by atoms with van der Waals surface area (Å²) < 4.78 is 14.1. The van der Waals surface area contributed by atoms with Gasteiger partial charge in [0.25, 0.3) is 0 Å². The highest BCUT2D eigenvalue weighted by Gasteiger charge is 2.32. The zero-order valence-electron chi connectivity index (χ0n) is 29.7. The van der Waals surface area contributed by atoms with E-state index in [1.807, 2.05) is 119 Å². The molecule has 0 radical (unpaired) electrons. The predicted molar refractivity (Wildman–Crippen MR) is 221 cm³/mol. The van der Waals surface area contributed by atoms with E-state index in [9.17, 15) is 9.59 Å². The number of benzene rings is 4. The summed E-state index contributed by atoms with van der Waals surface area (Å²) >= 11 is 4.44. The molecule has 0 unspecified atom stereocenters. The van der Waals surface area contributed by atoms with Crippen LogP contribution in [0.1, 0.15) is 23.6 Å². The lowest BCUT2D eigenvalue weighted by molar-refractivity contribution is 0.248. The third-order valence-electron chi connectivity index (χ3n) is 7.93. The van der Waals surface area contributed by atoms with E-state index in [0.29, 0.717) is 60.6 Å². The molecule has 2 N–H and O–H groups in total.